The van der Waals surface area contributed by atoms with Crippen LogP contribution in [0.5, 0.6) is 5.75 Å². The third-order valence-electron chi connectivity index (χ3n) is 4.61. The Balaban J connectivity index is 1.67. The van der Waals surface area contributed by atoms with Crippen LogP contribution in [0.1, 0.15) is 25.0 Å². The van der Waals surface area contributed by atoms with E-state index in [1.165, 1.54) is 16.7 Å². The molecule has 0 unspecified atom stereocenters. The summed E-state index contributed by atoms with van der Waals surface area (Å²) in [5.41, 5.74) is 1.93. The second-order valence-corrected chi connectivity index (χ2v) is 8.34. The molecule has 0 radical (unpaired) electrons. The lowest BCUT2D eigenvalue weighted by Crippen LogP contribution is -2.41. The number of hydrogen-bond donors (Lipinski definition) is 0. The summed E-state index contributed by atoms with van der Waals surface area (Å²) in [7, 11) is 0. The quantitative estimate of drug-likeness (QED) is 0.452. The Labute approximate surface area is 186 Å². The minimum atomic E-state index is -0.233. The molecule has 2 aromatic rings. The van der Waals surface area contributed by atoms with Gasteiger partial charge in [-0.2, -0.15) is 0 Å². The van der Waals surface area contributed by atoms with Gasteiger partial charge < -0.3 is 9.64 Å². The Bertz CT molecular complexity index is 943. The Hall–Kier alpha value is -2.64. The number of amides is 2. The van der Waals surface area contributed by atoms with Crippen LogP contribution in [0, 0.1) is 0 Å². The second-order valence-electron chi connectivity index (χ2n) is 6.66. The number of nitrogens with zero attached hydrogens (tertiary/aromatic N) is 2. The largest absolute Gasteiger partial charge is 0.494 e. The van der Waals surface area contributed by atoms with Gasteiger partial charge in [0.25, 0.3) is 5.91 Å². The molecular weight excluding hydrogens is 416 g/mol. The van der Waals surface area contributed by atoms with E-state index < -0.39 is 0 Å². The average molecular weight is 441 g/mol. The van der Waals surface area contributed by atoms with E-state index in [2.05, 4.69) is 0 Å². The van der Waals surface area contributed by atoms with Crippen molar-refractivity contribution in [3.05, 3.63) is 70.6 Å². The standard InChI is InChI=1S/C23H24N2O3S2/c1-3-24(15-18-8-6-5-7-9-18)21(26)16-25-22(27)20(30-23(25)29)14-17-10-12-19(13-11-17)28-4-2/h5-14H,3-4,15-16H2,1-2H3. The van der Waals surface area contributed by atoms with E-state index in [0.717, 1.165) is 16.9 Å². The third-order valence-corrected chi connectivity index (χ3v) is 5.98. The van der Waals surface area contributed by atoms with Gasteiger partial charge in [-0.1, -0.05) is 66.4 Å². The van der Waals surface area contributed by atoms with Crippen molar-refractivity contribution >= 4 is 46.2 Å². The van der Waals surface area contributed by atoms with E-state index in [1.54, 1.807) is 11.0 Å². The van der Waals surface area contributed by atoms with Crippen LogP contribution in [0.25, 0.3) is 6.08 Å². The summed E-state index contributed by atoms with van der Waals surface area (Å²) < 4.78 is 5.85. The molecule has 30 heavy (non-hydrogen) atoms. The highest BCUT2D eigenvalue weighted by Crippen LogP contribution is 2.32. The number of thioether (sulfide) groups is 1. The molecule has 5 nitrogen and oxygen atoms in total. The number of likely N-dealkylation sites (N-methyl/N-ethyl adjacent to an activating group) is 1. The lowest BCUT2D eigenvalue weighted by Gasteiger charge is -2.23. The highest BCUT2D eigenvalue weighted by Gasteiger charge is 2.34. The van der Waals surface area contributed by atoms with Crippen molar-refractivity contribution in [1.29, 1.82) is 0 Å². The molecule has 0 aromatic heterocycles. The van der Waals surface area contributed by atoms with E-state index in [9.17, 15) is 9.59 Å². The molecule has 0 bridgehead atoms. The number of thiocarbonyl (C=S) groups is 1. The number of ether oxygens (including phenoxy) is 1. The van der Waals surface area contributed by atoms with Gasteiger partial charge in [0.1, 0.15) is 16.6 Å². The first-order valence-electron chi connectivity index (χ1n) is 9.81. The van der Waals surface area contributed by atoms with Crippen LogP contribution in [-0.2, 0) is 16.1 Å². The second kappa shape index (κ2) is 10.4. The third kappa shape index (κ3) is 5.49. The van der Waals surface area contributed by atoms with Gasteiger partial charge in [-0.3, -0.25) is 14.5 Å². The van der Waals surface area contributed by atoms with Gasteiger partial charge in [0.15, 0.2) is 0 Å². The maximum atomic E-state index is 12.8. The first-order valence-corrected chi connectivity index (χ1v) is 11.0. The van der Waals surface area contributed by atoms with E-state index >= 15 is 0 Å². The summed E-state index contributed by atoms with van der Waals surface area (Å²) in [6, 6.07) is 17.3. The highest BCUT2D eigenvalue weighted by atomic mass is 32.2. The van der Waals surface area contributed by atoms with Crippen molar-refractivity contribution in [2.75, 3.05) is 19.7 Å². The van der Waals surface area contributed by atoms with Gasteiger partial charge in [-0.15, -0.1) is 0 Å². The van der Waals surface area contributed by atoms with Crippen LogP contribution in [0.15, 0.2) is 59.5 Å². The molecule has 156 valence electrons. The zero-order valence-corrected chi connectivity index (χ0v) is 18.7. The Morgan fingerprint density at radius 2 is 1.83 bits per heavy atom. The summed E-state index contributed by atoms with van der Waals surface area (Å²) in [4.78, 5) is 29.3. The number of benzene rings is 2. The summed E-state index contributed by atoms with van der Waals surface area (Å²) in [6.45, 7) is 5.48. The molecule has 2 aromatic carbocycles. The number of carbonyl (C=O) groups excluding carboxylic acids is 2. The minimum Gasteiger partial charge on any atom is -0.494 e. The molecule has 2 amide bonds. The smallest absolute Gasteiger partial charge is 0.266 e. The van der Waals surface area contributed by atoms with Crippen LogP contribution in [0.3, 0.4) is 0 Å². The monoisotopic (exact) mass is 440 g/mol. The zero-order valence-electron chi connectivity index (χ0n) is 17.0. The maximum absolute atomic E-state index is 12.8. The number of carbonyl (C=O) groups is 2. The fraction of sp³-hybridized carbons (Fsp3) is 0.261. The van der Waals surface area contributed by atoms with Crippen LogP contribution in [0.4, 0.5) is 0 Å². The first-order chi connectivity index (χ1) is 14.5. The molecular formula is C23H24N2O3S2. The molecule has 1 aliphatic rings. The van der Waals surface area contributed by atoms with E-state index in [1.807, 2.05) is 68.4 Å². The van der Waals surface area contributed by atoms with Crippen LogP contribution in [0.2, 0.25) is 0 Å². The van der Waals surface area contributed by atoms with Crippen LogP contribution in [-0.4, -0.2) is 45.6 Å². The van der Waals surface area contributed by atoms with E-state index in [-0.39, 0.29) is 18.4 Å². The van der Waals surface area contributed by atoms with Crippen LogP contribution >= 0.6 is 24.0 Å². The van der Waals surface area contributed by atoms with Gasteiger partial charge in [-0.25, -0.2) is 0 Å². The van der Waals surface area contributed by atoms with Gasteiger partial charge >= 0.3 is 0 Å². The normalized spacial score (nSPS) is 15.0. The van der Waals surface area contributed by atoms with Crippen LogP contribution < -0.4 is 4.74 Å². The lowest BCUT2D eigenvalue weighted by molar-refractivity contribution is -0.135. The topological polar surface area (TPSA) is 49.9 Å². The summed E-state index contributed by atoms with van der Waals surface area (Å²) in [5, 5.41) is 0. The van der Waals surface area contributed by atoms with Crippen molar-refractivity contribution in [2.24, 2.45) is 0 Å². The van der Waals surface area contributed by atoms with Crippen molar-refractivity contribution in [1.82, 2.24) is 9.80 Å². The van der Waals surface area contributed by atoms with Gasteiger partial charge in [0.2, 0.25) is 5.91 Å². The molecule has 1 fully saturated rings. The fourth-order valence-electron chi connectivity index (χ4n) is 3.03. The molecule has 0 aliphatic carbocycles. The highest BCUT2D eigenvalue weighted by molar-refractivity contribution is 8.26. The van der Waals surface area contributed by atoms with Gasteiger partial charge in [0, 0.05) is 13.1 Å². The molecule has 0 spiro atoms. The summed E-state index contributed by atoms with van der Waals surface area (Å²) >= 11 is 6.60. The summed E-state index contributed by atoms with van der Waals surface area (Å²) in [6.07, 6.45) is 1.79. The molecule has 7 heteroatoms. The van der Waals surface area contributed by atoms with Crippen molar-refractivity contribution < 1.29 is 14.3 Å². The molecule has 3 rings (SSSR count). The van der Waals surface area contributed by atoms with Crippen molar-refractivity contribution in [3.63, 3.8) is 0 Å². The van der Waals surface area contributed by atoms with E-state index in [0.29, 0.717) is 28.9 Å². The maximum Gasteiger partial charge on any atom is 0.266 e. The molecule has 0 saturated carbocycles. The van der Waals surface area contributed by atoms with Gasteiger partial charge in [-0.05, 0) is 43.2 Å². The Morgan fingerprint density at radius 1 is 1.13 bits per heavy atom. The predicted octanol–water partition coefficient (Wildman–Crippen LogP) is 4.34. The minimum absolute atomic E-state index is 0.0496. The zero-order chi connectivity index (χ0) is 21.5. The Kier molecular flexibility index (Phi) is 7.65. The van der Waals surface area contributed by atoms with Crippen molar-refractivity contribution in [3.8, 4) is 5.75 Å². The number of hydrogen-bond acceptors (Lipinski definition) is 5. The van der Waals surface area contributed by atoms with E-state index in [4.69, 9.17) is 17.0 Å². The first kappa shape index (κ1) is 22.1. The number of rotatable bonds is 8. The predicted molar refractivity (Wildman–Crippen MR) is 125 cm³/mol. The SMILES string of the molecule is CCOc1ccc(C=C2SC(=S)N(CC(=O)N(CC)Cc3ccccc3)C2=O)cc1. The average Bonchev–Trinajstić information content (AvgIpc) is 3.01. The Morgan fingerprint density at radius 3 is 2.47 bits per heavy atom. The molecule has 1 saturated heterocycles. The molecule has 0 N–H and O–H groups in total. The lowest BCUT2D eigenvalue weighted by atomic mass is 10.2. The van der Waals surface area contributed by atoms with Gasteiger partial charge in [0.05, 0.1) is 11.5 Å². The molecule has 1 aliphatic heterocycles. The molecule has 1 heterocycles. The summed E-state index contributed by atoms with van der Waals surface area (Å²) in [5.74, 6) is 0.425. The van der Waals surface area contributed by atoms with Crippen molar-refractivity contribution in [2.45, 2.75) is 20.4 Å². The molecule has 0 atom stereocenters. The fourth-order valence-corrected chi connectivity index (χ4v) is 4.29.